The zero-order valence-electron chi connectivity index (χ0n) is 61.8. The first-order valence-electron chi connectivity index (χ1n) is 34.6. The van der Waals surface area contributed by atoms with E-state index in [1.54, 1.807) is 103 Å². The van der Waals surface area contributed by atoms with Crippen molar-refractivity contribution < 1.29 is 72.2 Å². The molecule has 0 radical (unpaired) electrons. The van der Waals surface area contributed by atoms with Crippen LogP contribution in [0.3, 0.4) is 0 Å². The maximum Gasteiger partial charge on any atom is 0.248 e. The predicted octanol–water partition coefficient (Wildman–Crippen LogP) is -0.0401. The average molecular weight is 1420 g/mol. The lowest BCUT2D eigenvalue weighted by Crippen LogP contribution is -2.62. The lowest BCUT2D eigenvalue weighted by atomic mass is 10.00. The number of nitrogens with one attached hydrogen (secondary N) is 5. The van der Waals surface area contributed by atoms with Gasteiger partial charge in [-0.25, -0.2) is 0 Å². The molecule has 29 heteroatoms. The first-order chi connectivity index (χ1) is 48.0. The van der Waals surface area contributed by atoms with Gasteiger partial charge in [0.05, 0.1) is 25.6 Å². The second kappa shape index (κ2) is 38.3. The van der Waals surface area contributed by atoms with Gasteiger partial charge in [0.15, 0.2) is 0 Å². The minimum atomic E-state index is -1.86. The molecule has 0 bridgehead atoms. The van der Waals surface area contributed by atoms with Crippen molar-refractivity contribution in [1.29, 1.82) is 0 Å². The monoisotopic (exact) mass is 1420 g/mol. The summed E-state index contributed by atoms with van der Waals surface area (Å²) in [6.45, 7) is 11.6. The summed E-state index contributed by atoms with van der Waals surface area (Å²) >= 11 is 0. The zero-order valence-corrected chi connectivity index (χ0v) is 61.8. The van der Waals surface area contributed by atoms with E-state index in [9.17, 15) is 57.8 Å². The quantitative estimate of drug-likeness (QED) is 0.123. The molecule has 2 fully saturated rings. The summed E-state index contributed by atoms with van der Waals surface area (Å²) in [6.07, 6.45) is -0.329. The van der Waals surface area contributed by atoms with Crippen molar-refractivity contribution in [2.75, 3.05) is 82.6 Å². The van der Waals surface area contributed by atoms with Gasteiger partial charge in [-0.1, -0.05) is 105 Å². The topological polar surface area (TPSA) is 349 Å². The normalized spacial score (nSPS) is 24.3. The number of amides is 14. The van der Waals surface area contributed by atoms with E-state index in [2.05, 4.69) is 26.6 Å². The second-order valence-corrected chi connectivity index (χ2v) is 27.4. The standard InChI is InChI=1S/C73H106N14O15/c1-44(2)37-58-72(101)82(12)48(6)64(93)78-62(50(8)88)73(102)83(13)49(7)70(99)85(15)57(40-53-33-25-19-26-34-53)67(96)76-54(38-51-29-21-17-22-30-51)65(94)77-55(41-59(89)79(9)42-60(90)81(11)47(5)63(92)74-45(3)68(97)80(10)43-61(91)84(58)14)71(100)86(16)56(39-52-31-23-18-24-32-52)66(95)75-46(4)69(98)87-35-27-20-28-36-87/h17-19,21-26,29-34,44-50,54-58,62,88H,20,27-28,35-43H2,1-16H3,(H,74,92)(H,75,95)(H,76,96)(H,77,94)(H,78,93)/t45-,46-,47-,48-,49-,50+,54-,55-,56-,57-,58-,62-/m0/s1. The molecule has 102 heavy (non-hydrogen) atoms. The summed E-state index contributed by atoms with van der Waals surface area (Å²) in [4.78, 5) is 213. The van der Waals surface area contributed by atoms with Gasteiger partial charge in [-0.3, -0.25) is 67.1 Å². The van der Waals surface area contributed by atoms with Crippen LogP contribution in [-0.4, -0.2) is 287 Å². The number of aliphatic hydroxyl groups is 1. The molecule has 14 amide bonds. The number of hydrogen-bond acceptors (Lipinski definition) is 15. The third-order valence-electron chi connectivity index (χ3n) is 19.2. The van der Waals surface area contributed by atoms with E-state index >= 15 is 14.4 Å². The third-order valence-corrected chi connectivity index (χ3v) is 19.2. The second-order valence-electron chi connectivity index (χ2n) is 27.4. The molecule has 2 aliphatic heterocycles. The smallest absolute Gasteiger partial charge is 0.248 e. The number of aliphatic hydroxyl groups excluding tert-OH is 1. The Morgan fingerprint density at radius 1 is 0.520 bits per heavy atom. The van der Waals surface area contributed by atoms with Crippen LogP contribution in [0, 0.1) is 5.92 Å². The number of likely N-dealkylation sites (tertiary alicyclic amines) is 1. The van der Waals surface area contributed by atoms with E-state index in [-0.39, 0.29) is 37.5 Å². The maximum absolute atomic E-state index is 15.5. The molecule has 3 aromatic rings. The molecule has 2 aliphatic rings. The molecule has 0 aromatic heterocycles. The molecule has 6 N–H and O–H groups in total. The molecule has 5 rings (SSSR count). The third kappa shape index (κ3) is 22.6. The molecule has 29 nitrogen and oxygen atoms in total. The fraction of sp³-hybridized carbons (Fsp3) is 0.562. The number of piperidine rings is 1. The number of rotatable bonds is 14. The van der Waals surface area contributed by atoms with Crippen molar-refractivity contribution in [3.63, 3.8) is 0 Å². The molecule has 0 unspecified atom stereocenters. The molecule has 2 heterocycles. The van der Waals surface area contributed by atoms with Crippen molar-refractivity contribution in [2.45, 2.75) is 179 Å². The number of hydrogen-bond donors (Lipinski definition) is 6. The van der Waals surface area contributed by atoms with Crippen LogP contribution in [-0.2, 0) is 86.4 Å². The molecular weight excluding hydrogens is 1310 g/mol. The van der Waals surface area contributed by atoms with Gasteiger partial charge in [-0.05, 0) is 89.8 Å². The Balaban J connectivity index is 1.63. The zero-order chi connectivity index (χ0) is 76.1. The van der Waals surface area contributed by atoms with Gasteiger partial charge < -0.3 is 75.8 Å². The van der Waals surface area contributed by atoms with Crippen LogP contribution in [0.1, 0.15) is 104 Å². The van der Waals surface area contributed by atoms with Crippen molar-refractivity contribution in [3.8, 4) is 0 Å². The maximum atomic E-state index is 15.5. The van der Waals surface area contributed by atoms with E-state index in [0.29, 0.717) is 29.8 Å². The highest BCUT2D eigenvalue weighted by Gasteiger charge is 2.42. The lowest BCUT2D eigenvalue weighted by molar-refractivity contribution is -0.151. The van der Waals surface area contributed by atoms with Crippen LogP contribution in [0.2, 0.25) is 0 Å². The minimum Gasteiger partial charge on any atom is -0.391 e. The van der Waals surface area contributed by atoms with Crippen LogP contribution in [0.25, 0.3) is 0 Å². The molecule has 0 saturated carbocycles. The number of nitrogens with zero attached hydrogens (tertiary/aromatic N) is 9. The Labute approximate surface area is 598 Å². The Morgan fingerprint density at radius 2 is 1.02 bits per heavy atom. The molecule has 12 atom stereocenters. The number of carbonyl (C=O) groups excluding carboxylic acids is 14. The minimum absolute atomic E-state index is 0.106. The van der Waals surface area contributed by atoms with Crippen LogP contribution < -0.4 is 26.6 Å². The molecule has 2 saturated heterocycles. The van der Waals surface area contributed by atoms with E-state index < -0.39 is 169 Å². The summed E-state index contributed by atoms with van der Waals surface area (Å²) in [5.41, 5.74) is 1.68. The summed E-state index contributed by atoms with van der Waals surface area (Å²) in [5.74, 6) is -11.3. The van der Waals surface area contributed by atoms with Crippen LogP contribution in [0.5, 0.6) is 0 Å². The first-order valence-corrected chi connectivity index (χ1v) is 34.6. The van der Waals surface area contributed by atoms with Gasteiger partial charge in [-0.2, -0.15) is 0 Å². The first kappa shape index (κ1) is 82.9. The molecule has 3 aromatic carbocycles. The highest BCUT2D eigenvalue weighted by Crippen LogP contribution is 2.20. The van der Waals surface area contributed by atoms with E-state index in [0.717, 1.165) is 58.5 Å². The number of carbonyl (C=O) groups is 14. The van der Waals surface area contributed by atoms with Gasteiger partial charge in [0, 0.05) is 88.7 Å². The van der Waals surface area contributed by atoms with E-state index in [4.69, 9.17) is 0 Å². The van der Waals surface area contributed by atoms with Gasteiger partial charge in [0.1, 0.15) is 66.5 Å². The average Bonchev–Trinajstić information content (AvgIpc) is 0.834. The largest absolute Gasteiger partial charge is 0.391 e. The van der Waals surface area contributed by atoms with Gasteiger partial charge in [0.25, 0.3) is 0 Å². The summed E-state index contributed by atoms with van der Waals surface area (Å²) in [6, 6.07) is 10.3. The fourth-order valence-electron chi connectivity index (χ4n) is 12.0. The van der Waals surface area contributed by atoms with Crippen LogP contribution in [0.15, 0.2) is 91.0 Å². The van der Waals surface area contributed by atoms with Crippen molar-refractivity contribution >= 4 is 82.7 Å². The van der Waals surface area contributed by atoms with Gasteiger partial charge in [0.2, 0.25) is 82.7 Å². The molecule has 0 aliphatic carbocycles. The van der Waals surface area contributed by atoms with Gasteiger partial charge in [-0.15, -0.1) is 0 Å². The van der Waals surface area contributed by atoms with Crippen molar-refractivity contribution in [2.24, 2.45) is 5.92 Å². The fourth-order valence-corrected chi connectivity index (χ4v) is 12.0. The Bertz CT molecular complexity index is 3450. The highest BCUT2D eigenvalue weighted by molar-refractivity contribution is 6.01. The molecular formula is C73H106N14O15. The molecule has 558 valence electrons. The SMILES string of the molecule is CC(C)C[C@H]1C(=O)N(C)[C@@H](C)C(=O)N[C@@H]([C@@H](C)O)C(=O)N(C)[C@@H](C)C(=O)N(C)[C@@H](Cc2ccccc2)C(=O)N[C@@H](Cc2ccccc2)C(=O)N[C@H](C(=O)N(C)[C@@H](Cc2ccccc2)C(=O)N[C@@H](C)C(=O)N2CCCCC2)CC(=O)N(C)CC(=O)N(C)[C@@H](C)C(=O)N[C@@H](C)C(=O)N(C)CC(=O)N1C. The summed E-state index contributed by atoms with van der Waals surface area (Å²) in [5, 5.41) is 24.5. The van der Waals surface area contributed by atoms with Gasteiger partial charge >= 0.3 is 0 Å². The van der Waals surface area contributed by atoms with E-state index in [1.165, 1.54) is 91.0 Å². The molecule has 0 spiro atoms. The van der Waals surface area contributed by atoms with Crippen LogP contribution >= 0.6 is 0 Å². The summed E-state index contributed by atoms with van der Waals surface area (Å²) < 4.78 is 0. The Kier molecular flexibility index (Phi) is 31.1. The predicted molar refractivity (Wildman–Crippen MR) is 379 cm³/mol. The number of likely N-dealkylation sites (N-methyl/N-ethyl adjacent to an activating group) is 8. The van der Waals surface area contributed by atoms with Crippen molar-refractivity contribution in [1.82, 2.24) is 70.7 Å². The lowest BCUT2D eigenvalue weighted by Gasteiger charge is -2.36. The Morgan fingerprint density at radius 3 is 1.57 bits per heavy atom. The summed E-state index contributed by atoms with van der Waals surface area (Å²) in [7, 11) is 10.4. The van der Waals surface area contributed by atoms with Crippen LogP contribution in [0.4, 0.5) is 0 Å². The Hall–Kier alpha value is -9.80. The van der Waals surface area contributed by atoms with E-state index in [1.807, 2.05) is 13.8 Å². The number of benzene rings is 3. The highest BCUT2D eigenvalue weighted by atomic mass is 16.3. The van der Waals surface area contributed by atoms with Crippen molar-refractivity contribution in [3.05, 3.63) is 108 Å².